The van der Waals surface area contributed by atoms with Gasteiger partial charge in [0.15, 0.2) is 23.8 Å². The first-order valence-electron chi connectivity index (χ1n) is 6.89. The molecule has 0 bridgehead atoms. The van der Waals surface area contributed by atoms with Crippen LogP contribution in [0.25, 0.3) is 11.2 Å². The quantitative estimate of drug-likeness (QED) is 0.751. The van der Waals surface area contributed by atoms with E-state index in [0.29, 0.717) is 11.2 Å². The molecule has 0 saturated carbocycles. The number of hydrogen-bond donors (Lipinski definition) is 2. The lowest BCUT2D eigenvalue weighted by Gasteiger charge is -2.21. The number of carbonyl (C=O) groups excluding carboxylic acids is 1. The number of nitrogen functional groups attached to an aromatic ring is 1. The summed E-state index contributed by atoms with van der Waals surface area (Å²) in [6.07, 6.45) is 1.23. The number of imidazole rings is 1. The van der Waals surface area contributed by atoms with Crippen LogP contribution < -0.4 is 5.73 Å². The van der Waals surface area contributed by atoms with Crippen molar-refractivity contribution in [1.29, 1.82) is 0 Å². The summed E-state index contributed by atoms with van der Waals surface area (Å²) in [5, 5.41) is 9.43. The summed E-state index contributed by atoms with van der Waals surface area (Å²) in [5.41, 5.74) is 6.71. The third-order valence-electron chi connectivity index (χ3n) is 3.84. The number of rotatable bonds is 3. The summed E-state index contributed by atoms with van der Waals surface area (Å²) in [7, 11) is 0. The Morgan fingerprint density at radius 2 is 2.27 bits per heavy atom. The number of nitrogens with two attached hydrogens (primary N) is 1. The van der Waals surface area contributed by atoms with Crippen LogP contribution in [0.5, 0.6) is 0 Å². The lowest BCUT2D eigenvalue weighted by molar-refractivity contribution is -0.153. The van der Waals surface area contributed by atoms with Crippen LogP contribution in [0.3, 0.4) is 0 Å². The van der Waals surface area contributed by atoms with Crippen LogP contribution in [-0.4, -0.2) is 49.4 Å². The van der Waals surface area contributed by atoms with E-state index in [1.165, 1.54) is 19.6 Å². The number of carbonyl (C=O) groups is 1. The highest BCUT2D eigenvalue weighted by molar-refractivity contribution is 5.81. The van der Waals surface area contributed by atoms with Crippen molar-refractivity contribution in [3.63, 3.8) is 0 Å². The number of esters is 1. The van der Waals surface area contributed by atoms with Crippen molar-refractivity contribution in [1.82, 2.24) is 19.5 Å². The Kier molecular flexibility index (Phi) is 3.67. The van der Waals surface area contributed by atoms with Gasteiger partial charge >= 0.3 is 5.97 Å². The zero-order chi connectivity index (χ0) is 15.9. The van der Waals surface area contributed by atoms with Gasteiger partial charge in [0, 0.05) is 12.8 Å². The van der Waals surface area contributed by atoms with Crippen molar-refractivity contribution in [2.75, 3.05) is 12.3 Å². The first-order valence-corrected chi connectivity index (χ1v) is 6.89. The van der Waals surface area contributed by atoms with Crippen molar-refractivity contribution >= 4 is 23.0 Å². The van der Waals surface area contributed by atoms with Crippen LogP contribution in [0.15, 0.2) is 12.7 Å². The minimum Gasteiger partial charge on any atom is -0.457 e. The Morgan fingerprint density at radius 3 is 2.95 bits per heavy atom. The molecule has 2 aromatic rings. The van der Waals surface area contributed by atoms with Gasteiger partial charge < -0.3 is 20.3 Å². The second-order valence-electron chi connectivity index (χ2n) is 5.26. The third kappa shape index (κ3) is 2.28. The predicted molar refractivity (Wildman–Crippen MR) is 75.4 cm³/mol. The molecule has 2 aromatic heterocycles. The molecule has 0 unspecified atom stereocenters. The standard InChI is InChI=1S/C13H17N5O4/c1-6-8(3-19)22-13(10(6)21-7(2)20)18-5-17-9-11(14)15-4-16-12(9)18/h4-6,8,10,13,19H,3H2,1-2H3,(H2,14,15,16)/t6-,8-,10-,13-/m1/s1. The first kappa shape index (κ1) is 14.7. The molecule has 3 heterocycles. The van der Waals surface area contributed by atoms with Crippen LogP contribution in [0.1, 0.15) is 20.1 Å². The summed E-state index contributed by atoms with van der Waals surface area (Å²) in [5.74, 6) is -0.323. The Hall–Kier alpha value is -2.26. The van der Waals surface area contributed by atoms with Gasteiger partial charge in [-0.3, -0.25) is 9.36 Å². The van der Waals surface area contributed by atoms with Gasteiger partial charge in [-0.15, -0.1) is 0 Å². The molecule has 4 atom stereocenters. The molecule has 9 nitrogen and oxygen atoms in total. The molecule has 118 valence electrons. The average molecular weight is 307 g/mol. The fourth-order valence-corrected chi connectivity index (χ4v) is 2.70. The zero-order valence-electron chi connectivity index (χ0n) is 12.2. The Bertz CT molecular complexity index is 703. The maximum Gasteiger partial charge on any atom is 0.303 e. The third-order valence-corrected chi connectivity index (χ3v) is 3.84. The van der Waals surface area contributed by atoms with E-state index in [4.69, 9.17) is 15.2 Å². The average Bonchev–Trinajstić information content (AvgIpc) is 3.02. The molecule has 0 radical (unpaired) electrons. The van der Waals surface area contributed by atoms with E-state index in [0.717, 1.165) is 0 Å². The Morgan fingerprint density at radius 1 is 1.50 bits per heavy atom. The van der Waals surface area contributed by atoms with Crippen molar-refractivity contribution in [3.8, 4) is 0 Å². The minimum absolute atomic E-state index is 0.167. The highest BCUT2D eigenvalue weighted by Gasteiger charge is 2.45. The molecule has 1 aliphatic rings. The maximum absolute atomic E-state index is 11.4. The number of anilines is 1. The largest absolute Gasteiger partial charge is 0.457 e. The highest BCUT2D eigenvalue weighted by atomic mass is 16.6. The van der Waals surface area contributed by atoms with E-state index in [1.807, 2.05) is 6.92 Å². The monoisotopic (exact) mass is 307 g/mol. The Labute approximate surface area is 126 Å². The van der Waals surface area contributed by atoms with Crippen molar-refractivity contribution < 1.29 is 19.4 Å². The summed E-state index contributed by atoms with van der Waals surface area (Å²) < 4.78 is 12.8. The second-order valence-corrected chi connectivity index (χ2v) is 5.26. The van der Waals surface area contributed by atoms with Gasteiger partial charge in [-0.05, 0) is 0 Å². The van der Waals surface area contributed by atoms with E-state index < -0.39 is 24.4 Å². The molecule has 1 aliphatic heterocycles. The molecule has 0 aromatic carbocycles. The van der Waals surface area contributed by atoms with E-state index in [2.05, 4.69) is 15.0 Å². The molecule has 3 rings (SSSR count). The summed E-state index contributed by atoms with van der Waals surface area (Å²) in [4.78, 5) is 23.6. The molecule has 0 aliphatic carbocycles. The molecular weight excluding hydrogens is 290 g/mol. The number of aliphatic hydroxyl groups is 1. The molecule has 0 spiro atoms. The fourth-order valence-electron chi connectivity index (χ4n) is 2.70. The molecule has 1 fully saturated rings. The maximum atomic E-state index is 11.4. The number of ether oxygens (including phenoxy) is 2. The van der Waals surface area contributed by atoms with Gasteiger partial charge in [0.2, 0.25) is 0 Å². The zero-order valence-corrected chi connectivity index (χ0v) is 12.2. The van der Waals surface area contributed by atoms with Crippen LogP contribution >= 0.6 is 0 Å². The van der Waals surface area contributed by atoms with E-state index in [1.54, 1.807) is 4.57 Å². The smallest absolute Gasteiger partial charge is 0.303 e. The normalized spacial score (nSPS) is 28.1. The minimum atomic E-state index is -0.629. The van der Waals surface area contributed by atoms with E-state index >= 15 is 0 Å². The summed E-state index contributed by atoms with van der Waals surface area (Å²) >= 11 is 0. The Balaban J connectivity index is 2.03. The molecule has 1 saturated heterocycles. The number of fused-ring (bicyclic) bond motifs is 1. The highest BCUT2D eigenvalue weighted by Crippen LogP contribution is 2.37. The summed E-state index contributed by atoms with van der Waals surface area (Å²) in [6, 6.07) is 0. The topological polar surface area (TPSA) is 125 Å². The van der Waals surface area contributed by atoms with Gasteiger partial charge in [-0.2, -0.15) is 0 Å². The van der Waals surface area contributed by atoms with E-state index in [-0.39, 0.29) is 18.3 Å². The molecular formula is C13H17N5O4. The molecule has 22 heavy (non-hydrogen) atoms. The van der Waals surface area contributed by atoms with Crippen molar-refractivity contribution in [3.05, 3.63) is 12.7 Å². The lowest BCUT2D eigenvalue weighted by atomic mass is 10.0. The van der Waals surface area contributed by atoms with Gasteiger partial charge in [0.1, 0.15) is 11.8 Å². The van der Waals surface area contributed by atoms with Gasteiger partial charge in [-0.1, -0.05) is 6.92 Å². The fraction of sp³-hybridized carbons (Fsp3) is 0.538. The van der Waals surface area contributed by atoms with Crippen LogP contribution in [-0.2, 0) is 14.3 Å². The molecule has 0 amide bonds. The number of aromatic nitrogens is 4. The van der Waals surface area contributed by atoms with Crippen molar-refractivity contribution in [2.24, 2.45) is 5.92 Å². The van der Waals surface area contributed by atoms with Crippen LogP contribution in [0, 0.1) is 5.92 Å². The first-order chi connectivity index (χ1) is 10.5. The SMILES string of the molecule is CC(=O)O[C@@H]1[C@H](C)[C@@H](CO)O[C@H]1n1cnc2c(N)ncnc21. The number of nitrogens with zero attached hydrogens (tertiary/aromatic N) is 4. The number of hydrogen-bond acceptors (Lipinski definition) is 8. The van der Waals surface area contributed by atoms with Gasteiger partial charge in [0.05, 0.1) is 19.0 Å². The molecule has 9 heteroatoms. The van der Waals surface area contributed by atoms with Gasteiger partial charge in [0.25, 0.3) is 0 Å². The molecule has 3 N–H and O–H groups in total. The van der Waals surface area contributed by atoms with Crippen LogP contribution in [0.4, 0.5) is 5.82 Å². The van der Waals surface area contributed by atoms with Crippen LogP contribution in [0.2, 0.25) is 0 Å². The number of aliphatic hydroxyl groups excluding tert-OH is 1. The summed E-state index contributed by atoms with van der Waals surface area (Å²) in [6.45, 7) is 3.03. The lowest BCUT2D eigenvalue weighted by Crippen LogP contribution is -2.30. The second kappa shape index (κ2) is 5.50. The van der Waals surface area contributed by atoms with E-state index in [9.17, 15) is 9.90 Å². The van der Waals surface area contributed by atoms with Gasteiger partial charge in [-0.25, -0.2) is 15.0 Å². The van der Waals surface area contributed by atoms with Crippen molar-refractivity contribution in [2.45, 2.75) is 32.3 Å². The predicted octanol–water partition coefficient (Wildman–Crippen LogP) is -0.134.